The standard InChI is InChI=1S/C25H21N5O3S/c1-33-18-11-10-17-12-22(26-21(17)13-18)24(32)30-29-23(31)16-8-6-15(7-9-16)14-34-25-27-19-4-2-3-5-20(19)28-25/h2-13,26H,14H2,1H3,(H,27,28)(H,29,31)(H,30,32). The number of carbonyl (C=O) groups is 2. The fourth-order valence-electron chi connectivity index (χ4n) is 3.51. The van der Waals surface area contributed by atoms with E-state index in [1.807, 2.05) is 48.5 Å². The number of hydrazine groups is 1. The Balaban J connectivity index is 1.16. The molecule has 0 radical (unpaired) electrons. The molecule has 0 aliphatic rings. The van der Waals surface area contributed by atoms with Crippen LogP contribution in [0, 0.1) is 0 Å². The molecule has 5 aromatic rings. The lowest BCUT2D eigenvalue weighted by molar-refractivity contribution is 0.0844. The number of methoxy groups -OCH3 is 1. The summed E-state index contributed by atoms with van der Waals surface area (Å²) in [5.74, 6) is 0.558. The van der Waals surface area contributed by atoms with Crippen LogP contribution in [-0.4, -0.2) is 33.9 Å². The van der Waals surface area contributed by atoms with Crippen LogP contribution in [0.1, 0.15) is 26.4 Å². The first-order chi connectivity index (χ1) is 16.6. The van der Waals surface area contributed by atoms with Gasteiger partial charge in [-0.3, -0.25) is 20.4 Å². The number of hydrogen-bond acceptors (Lipinski definition) is 5. The van der Waals surface area contributed by atoms with E-state index in [9.17, 15) is 9.59 Å². The van der Waals surface area contributed by atoms with Crippen molar-refractivity contribution in [1.82, 2.24) is 25.8 Å². The van der Waals surface area contributed by atoms with Gasteiger partial charge in [0.15, 0.2) is 5.16 Å². The van der Waals surface area contributed by atoms with Crippen LogP contribution in [0.3, 0.4) is 0 Å². The van der Waals surface area contributed by atoms with Gasteiger partial charge < -0.3 is 14.7 Å². The number of para-hydroxylation sites is 2. The normalized spacial score (nSPS) is 11.0. The highest BCUT2D eigenvalue weighted by atomic mass is 32.2. The number of carbonyl (C=O) groups excluding carboxylic acids is 2. The minimum atomic E-state index is -0.442. The molecule has 170 valence electrons. The molecule has 0 saturated carbocycles. The lowest BCUT2D eigenvalue weighted by Crippen LogP contribution is -2.41. The van der Waals surface area contributed by atoms with Crippen molar-refractivity contribution in [2.24, 2.45) is 0 Å². The monoisotopic (exact) mass is 471 g/mol. The van der Waals surface area contributed by atoms with Crippen molar-refractivity contribution in [2.45, 2.75) is 10.9 Å². The molecule has 0 unspecified atom stereocenters. The molecule has 0 bridgehead atoms. The van der Waals surface area contributed by atoms with Crippen LogP contribution < -0.4 is 15.6 Å². The number of nitrogens with zero attached hydrogens (tertiary/aromatic N) is 1. The van der Waals surface area contributed by atoms with Crippen LogP contribution in [0.25, 0.3) is 21.9 Å². The summed E-state index contributed by atoms with van der Waals surface area (Å²) in [4.78, 5) is 35.8. The lowest BCUT2D eigenvalue weighted by Gasteiger charge is -2.07. The number of aromatic amines is 2. The maximum absolute atomic E-state index is 12.5. The van der Waals surface area contributed by atoms with Crippen LogP contribution in [0.2, 0.25) is 0 Å². The van der Waals surface area contributed by atoms with Gasteiger partial charge in [0.05, 0.1) is 18.1 Å². The van der Waals surface area contributed by atoms with Gasteiger partial charge in [-0.25, -0.2) is 4.98 Å². The molecular weight excluding hydrogens is 450 g/mol. The van der Waals surface area contributed by atoms with E-state index in [2.05, 4.69) is 25.8 Å². The summed E-state index contributed by atoms with van der Waals surface area (Å²) in [5.41, 5.74) is 9.44. The van der Waals surface area contributed by atoms with Crippen LogP contribution in [0.4, 0.5) is 0 Å². The maximum Gasteiger partial charge on any atom is 0.286 e. The fraction of sp³-hybridized carbons (Fsp3) is 0.0800. The summed E-state index contributed by atoms with van der Waals surface area (Å²) >= 11 is 1.59. The highest BCUT2D eigenvalue weighted by Gasteiger charge is 2.12. The number of H-pyrrole nitrogens is 2. The van der Waals surface area contributed by atoms with Gasteiger partial charge in [0, 0.05) is 28.3 Å². The highest BCUT2D eigenvalue weighted by molar-refractivity contribution is 7.98. The second-order valence-corrected chi connectivity index (χ2v) is 8.55. The first-order valence-electron chi connectivity index (χ1n) is 10.5. The van der Waals surface area contributed by atoms with Crippen molar-refractivity contribution in [2.75, 3.05) is 7.11 Å². The van der Waals surface area contributed by atoms with Gasteiger partial charge in [-0.15, -0.1) is 0 Å². The largest absolute Gasteiger partial charge is 0.497 e. The molecule has 2 heterocycles. The lowest BCUT2D eigenvalue weighted by atomic mass is 10.1. The predicted octanol–water partition coefficient (Wildman–Crippen LogP) is 4.42. The number of rotatable bonds is 6. The minimum absolute atomic E-state index is 0.335. The highest BCUT2D eigenvalue weighted by Crippen LogP contribution is 2.23. The van der Waals surface area contributed by atoms with Gasteiger partial charge >= 0.3 is 0 Å². The molecule has 2 aromatic heterocycles. The predicted molar refractivity (Wildman–Crippen MR) is 132 cm³/mol. The van der Waals surface area contributed by atoms with Crippen molar-refractivity contribution in [3.8, 4) is 5.75 Å². The van der Waals surface area contributed by atoms with Crippen LogP contribution in [0.5, 0.6) is 5.75 Å². The van der Waals surface area contributed by atoms with Crippen molar-refractivity contribution in [3.63, 3.8) is 0 Å². The topological polar surface area (TPSA) is 112 Å². The van der Waals surface area contributed by atoms with E-state index in [1.54, 1.807) is 43.1 Å². The molecular formula is C25H21N5O3S. The fourth-order valence-corrected chi connectivity index (χ4v) is 4.35. The third-order valence-corrected chi connectivity index (χ3v) is 6.27. The molecule has 0 aliphatic carbocycles. The van der Waals surface area contributed by atoms with Crippen LogP contribution in [-0.2, 0) is 5.75 Å². The smallest absolute Gasteiger partial charge is 0.286 e. The van der Waals surface area contributed by atoms with E-state index in [1.165, 1.54) is 0 Å². The zero-order chi connectivity index (χ0) is 23.5. The van der Waals surface area contributed by atoms with Crippen LogP contribution >= 0.6 is 11.8 Å². The summed E-state index contributed by atoms with van der Waals surface area (Å²) in [6.45, 7) is 0. The van der Waals surface area contributed by atoms with Gasteiger partial charge in [0.25, 0.3) is 11.8 Å². The number of thioether (sulfide) groups is 1. The summed E-state index contributed by atoms with van der Waals surface area (Å²) in [7, 11) is 1.58. The molecule has 4 N–H and O–H groups in total. The third kappa shape index (κ3) is 4.60. The Kier molecular flexibility index (Phi) is 5.92. The van der Waals surface area contributed by atoms with Crippen molar-refractivity contribution < 1.29 is 14.3 Å². The average Bonchev–Trinajstić information content (AvgIpc) is 3.49. The summed E-state index contributed by atoms with van der Waals surface area (Å²) < 4.78 is 5.19. The molecule has 9 heteroatoms. The number of fused-ring (bicyclic) bond motifs is 2. The number of imidazole rings is 1. The number of amides is 2. The van der Waals surface area contributed by atoms with Crippen molar-refractivity contribution in [3.05, 3.63) is 89.6 Å². The van der Waals surface area contributed by atoms with Gasteiger partial charge in [-0.2, -0.15) is 0 Å². The van der Waals surface area contributed by atoms with E-state index in [0.717, 1.165) is 32.7 Å². The number of aromatic nitrogens is 3. The zero-order valence-corrected chi connectivity index (χ0v) is 19.0. The minimum Gasteiger partial charge on any atom is -0.497 e. The van der Waals surface area contributed by atoms with E-state index in [-0.39, 0.29) is 0 Å². The van der Waals surface area contributed by atoms with Gasteiger partial charge in [-0.1, -0.05) is 36.0 Å². The number of benzene rings is 3. The van der Waals surface area contributed by atoms with Crippen molar-refractivity contribution >= 4 is 45.5 Å². The quantitative estimate of drug-likeness (QED) is 0.216. The zero-order valence-electron chi connectivity index (χ0n) is 18.2. The van der Waals surface area contributed by atoms with E-state index in [0.29, 0.717) is 22.8 Å². The Bertz CT molecular complexity index is 1460. The van der Waals surface area contributed by atoms with Gasteiger partial charge in [0.2, 0.25) is 0 Å². The Morgan fingerprint density at radius 2 is 1.71 bits per heavy atom. The van der Waals surface area contributed by atoms with Crippen molar-refractivity contribution in [1.29, 1.82) is 0 Å². The molecule has 8 nitrogen and oxygen atoms in total. The second-order valence-electron chi connectivity index (χ2n) is 7.59. The average molecular weight is 472 g/mol. The number of hydrogen-bond donors (Lipinski definition) is 4. The summed E-state index contributed by atoms with van der Waals surface area (Å²) in [5, 5.41) is 1.72. The van der Waals surface area contributed by atoms with E-state index >= 15 is 0 Å². The molecule has 34 heavy (non-hydrogen) atoms. The second kappa shape index (κ2) is 9.32. The molecule has 0 spiro atoms. The van der Waals surface area contributed by atoms with E-state index in [4.69, 9.17) is 4.74 Å². The maximum atomic E-state index is 12.5. The molecule has 0 aliphatic heterocycles. The van der Waals surface area contributed by atoms with E-state index < -0.39 is 11.8 Å². The molecule has 0 saturated heterocycles. The number of nitrogens with one attached hydrogen (secondary N) is 4. The molecule has 0 atom stereocenters. The SMILES string of the molecule is COc1ccc2cc(C(=O)NNC(=O)c3ccc(CSc4nc5ccccc5[nH]4)cc3)[nH]c2c1. The summed E-state index contributed by atoms with van der Waals surface area (Å²) in [6.07, 6.45) is 0. The Labute approximate surface area is 199 Å². The van der Waals surface area contributed by atoms with Gasteiger partial charge in [0.1, 0.15) is 11.4 Å². The third-order valence-electron chi connectivity index (χ3n) is 5.32. The van der Waals surface area contributed by atoms with Crippen LogP contribution in [0.15, 0.2) is 78.0 Å². The Hall–Kier alpha value is -4.24. The number of ether oxygens (including phenoxy) is 1. The molecule has 3 aromatic carbocycles. The van der Waals surface area contributed by atoms with Gasteiger partial charge in [-0.05, 0) is 48.0 Å². The Morgan fingerprint density at radius 1 is 0.912 bits per heavy atom. The first kappa shape index (κ1) is 21.6. The molecule has 5 rings (SSSR count). The summed E-state index contributed by atoms with van der Waals surface area (Å²) in [6, 6.07) is 22.3. The molecule has 2 amide bonds. The first-order valence-corrected chi connectivity index (χ1v) is 11.5. The Morgan fingerprint density at radius 3 is 2.50 bits per heavy atom. The molecule has 0 fully saturated rings.